The second-order valence-corrected chi connectivity index (χ2v) is 10.1. The highest BCUT2D eigenvalue weighted by Crippen LogP contribution is 2.49. The molecule has 2 amide bonds. The van der Waals surface area contributed by atoms with Crippen LogP contribution in [0.15, 0.2) is 42.5 Å². The molecule has 3 N–H and O–H groups in total. The Labute approximate surface area is 212 Å². The zero-order valence-corrected chi connectivity index (χ0v) is 20.7. The highest BCUT2D eigenvalue weighted by molar-refractivity contribution is 6.30. The minimum Gasteiger partial charge on any atom is -0.406 e. The largest absolute Gasteiger partial charge is 0.573 e. The van der Waals surface area contributed by atoms with E-state index in [-0.39, 0.29) is 23.6 Å². The standard InChI is InChI=1S/C26H29ClF3N3O3/c1-16-14-19(27)5-2-17(16)15-22(23(34)33-12-8-20(31)9-13-33)32-24(35)25(10-11-25)18-3-6-21(7-4-18)36-26(28,29)30/h2-7,14,20,22H,8-13,15,31H2,1H3,(H,32,35)/t22-/m0/s1. The van der Waals surface area contributed by atoms with Crippen LogP contribution in [0.2, 0.25) is 5.02 Å². The molecule has 0 unspecified atom stereocenters. The van der Waals surface area contributed by atoms with Crippen LogP contribution in [0.5, 0.6) is 5.75 Å². The van der Waals surface area contributed by atoms with Crippen molar-refractivity contribution < 1.29 is 27.5 Å². The van der Waals surface area contributed by atoms with Crippen molar-refractivity contribution in [3.8, 4) is 5.75 Å². The van der Waals surface area contributed by atoms with Crippen molar-refractivity contribution in [1.29, 1.82) is 0 Å². The summed E-state index contributed by atoms with van der Waals surface area (Å²) in [6, 6.07) is 10.0. The first kappa shape index (κ1) is 26.3. The van der Waals surface area contributed by atoms with E-state index in [2.05, 4.69) is 10.1 Å². The van der Waals surface area contributed by atoms with Gasteiger partial charge in [-0.05, 0) is 73.6 Å². The number of amides is 2. The number of carbonyl (C=O) groups excluding carboxylic acids is 2. The van der Waals surface area contributed by atoms with Gasteiger partial charge in [-0.2, -0.15) is 0 Å². The van der Waals surface area contributed by atoms with E-state index in [1.807, 2.05) is 19.1 Å². The third-order valence-electron chi connectivity index (χ3n) is 7.01. The molecule has 2 aromatic carbocycles. The SMILES string of the molecule is Cc1cc(Cl)ccc1C[C@H](NC(=O)C1(c2ccc(OC(F)(F)F)cc2)CC1)C(=O)N1CCC(N)CC1. The van der Waals surface area contributed by atoms with Gasteiger partial charge in [-0.1, -0.05) is 29.8 Å². The highest BCUT2D eigenvalue weighted by atomic mass is 35.5. The number of alkyl halides is 3. The van der Waals surface area contributed by atoms with Gasteiger partial charge in [0, 0.05) is 30.6 Å². The van der Waals surface area contributed by atoms with Crippen molar-refractivity contribution in [1.82, 2.24) is 10.2 Å². The first-order valence-corrected chi connectivity index (χ1v) is 12.3. The van der Waals surface area contributed by atoms with E-state index >= 15 is 0 Å². The Morgan fingerprint density at radius 1 is 1.17 bits per heavy atom. The number of nitrogens with one attached hydrogen (secondary N) is 1. The summed E-state index contributed by atoms with van der Waals surface area (Å²) in [5.74, 6) is -0.836. The summed E-state index contributed by atoms with van der Waals surface area (Å²) in [5.41, 5.74) is 7.51. The number of ether oxygens (including phenoxy) is 1. The lowest BCUT2D eigenvalue weighted by Crippen LogP contribution is -2.54. The number of halogens is 4. The molecule has 10 heteroatoms. The maximum atomic E-state index is 13.5. The fourth-order valence-electron chi connectivity index (χ4n) is 4.69. The quantitative estimate of drug-likeness (QED) is 0.568. The number of benzene rings is 2. The molecule has 0 spiro atoms. The van der Waals surface area contributed by atoms with Crippen molar-refractivity contribution in [2.45, 2.75) is 62.9 Å². The topological polar surface area (TPSA) is 84.7 Å². The van der Waals surface area contributed by atoms with Crippen molar-refractivity contribution in [2.75, 3.05) is 13.1 Å². The lowest BCUT2D eigenvalue weighted by molar-refractivity contribution is -0.274. The normalized spacial score (nSPS) is 18.4. The monoisotopic (exact) mass is 523 g/mol. The van der Waals surface area contributed by atoms with E-state index < -0.39 is 17.8 Å². The van der Waals surface area contributed by atoms with E-state index in [1.165, 1.54) is 24.3 Å². The minimum absolute atomic E-state index is 0.0552. The average molecular weight is 524 g/mol. The number of hydrogen-bond acceptors (Lipinski definition) is 4. The number of nitrogens with two attached hydrogens (primary N) is 1. The Hall–Kier alpha value is -2.78. The van der Waals surface area contributed by atoms with Crippen molar-refractivity contribution >= 4 is 23.4 Å². The second kappa shape index (κ2) is 10.3. The third-order valence-corrected chi connectivity index (χ3v) is 7.24. The molecular weight excluding hydrogens is 495 g/mol. The van der Waals surface area contributed by atoms with Crippen LogP contribution in [0.25, 0.3) is 0 Å². The van der Waals surface area contributed by atoms with E-state index in [0.29, 0.717) is 55.8 Å². The molecule has 2 aliphatic rings. The molecule has 1 aliphatic heterocycles. The number of carbonyl (C=O) groups is 2. The summed E-state index contributed by atoms with van der Waals surface area (Å²) >= 11 is 6.09. The van der Waals surface area contributed by atoms with Crippen molar-refractivity contribution in [3.63, 3.8) is 0 Å². The van der Waals surface area contributed by atoms with Crippen LogP contribution in [0.3, 0.4) is 0 Å². The third kappa shape index (κ3) is 6.13. The van der Waals surface area contributed by atoms with Crippen LogP contribution in [0.1, 0.15) is 42.4 Å². The molecule has 0 radical (unpaired) electrons. The number of piperidine rings is 1. The van der Waals surface area contributed by atoms with Gasteiger partial charge in [0.2, 0.25) is 11.8 Å². The highest BCUT2D eigenvalue weighted by Gasteiger charge is 2.52. The number of likely N-dealkylation sites (tertiary alicyclic amines) is 1. The van der Waals surface area contributed by atoms with Gasteiger partial charge in [0.05, 0.1) is 5.41 Å². The Morgan fingerprint density at radius 2 is 1.81 bits per heavy atom. The maximum absolute atomic E-state index is 13.5. The summed E-state index contributed by atoms with van der Waals surface area (Å²) in [4.78, 5) is 28.7. The van der Waals surface area contributed by atoms with E-state index in [0.717, 1.165) is 11.1 Å². The van der Waals surface area contributed by atoms with Crippen LogP contribution in [-0.2, 0) is 21.4 Å². The molecule has 1 saturated carbocycles. The fourth-order valence-corrected chi connectivity index (χ4v) is 4.92. The van der Waals surface area contributed by atoms with Gasteiger partial charge in [-0.25, -0.2) is 0 Å². The van der Waals surface area contributed by atoms with Crippen LogP contribution in [0, 0.1) is 6.92 Å². The molecule has 1 aliphatic carbocycles. The van der Waals surface area contributed by atoms with Gasteiger partial charge in [0.25, 0.3) is 0 Å². The van der Waals surface area contributed by atoms with Gasteiger partial charge >= 0.3 is 6.36 Å². The zero-order chi connectivity index (χ0) is 26.1. The van der Waals surface area contributed by atoms with E-state index in [4.69, 9.17) is 17.3 Å². The molecule has 36 heavy (non-hydrogen) atoms. The molecule has 2 aromatic rings. The molecule has 1 saturated heterocycles. The van der Waals surface area contributed by atoms with Crippen LogP contribution in [-0.4, -0.2) is 48.2 Å². The van der Waals surface area contributed by atoms with Crippen molar-refractivity contribution in [3.05, 3.63) is 64.2 Å². The first-order chi connectivity index (χ1) is 17.0. The van der Waals surface area contributed by atoms with Crippen LogP contribution >= 0.6 is 11.6 Å². The van der Waals surface area contributed by atoms with Crippen LogP contribution < -0.4 is 15.8 Å². The van der Waals surface area contributed by atoms with E-state index in [1.54, 1.807) is 11.0 Å². The molecule has 1 atom stereocenters. The molecule has 194 valence electrons. The smallest absolute Gasteiger partial charge is 0.406 e. The Kier molecular flexibility index (Phi) is 7.52. The number of rotatable bonds is 7. The lowest BCUT2D eigenvalue weighted by Gasteiger charge is -2.34. The fraction of sp³-hybridized carbons (Fsp3) is 0.462. The average Bonchev–Trinajstić information content (AvgIpc) is 3.62. The van der Waals surface area contributed by atoms with Gasteiger partial charge in [-0.15, -0.1) is 13.2 Å². The van der Waals surface area contributed by atoms with Crippen LogP contribution in [0.4, 0.5) is 13.2 Å². The Balaban J connectivity index is 1.53. The summed E-state index contributed by atoms with van der Waals surface area (Å²) < 4.78 is 41.4. The number of aryl methyl sites for hydroxylation is 1. The molecule has 6 nitrogen and oxygen atoms in total. The summed E-state index contributed by atoms with van der Waals surface area (Å²) in [6.07, 6.45) is -2.02. The zero-order valence-electron chi connectivity index (χ0n) is 19.9. The minimum atomic E-state index is -4.79. The predicted octanol–water partition coefficient (Wildman–Crippen LogP) is 4.26. The molecular formula is C26H29ClF3N3O3. The summed E-state index contributed by atoms with van der Waals surface area (Å²) in [6.45, 7) is 2.95. The maximum Gasteiger partial charge on any atom is 0.573 e. The van der Waals surface area contributed by atoms with Gasteiger partial charge < -0.3 is 20.7 Å². The van der Waals surface area contributed by atoms with Gasteiger partial charge in [0.15, 0.2) is 0 Å². The van der Waals surface area contributed by atoms with E-state index in [9.17, 15) is 22.8 Å². The molecule has 0 bridgehead atoms. The molecule has 4 rings (SSSR count). The van der Waals surface area contributed by atoms with Crippen molar-refractivity contribution in [2.24, 2.45) is 5.73 Å². The second-order valence-electron chi connectivity index (χ2n) is 9.62. The first-order valence-electron chi connectivity index (χ1n) is 11.9. The Bertz CT molecular complexity index is 1110. The summed E-state index contributed by atoms with van der Waals surface area (Å²) in [7, 11) is 0. The number of hydrogen-bond donors (Lipinski definition) is 2. The van der Waals surface area contributed by atoms with Gasteiger partial charge in [-0.3, -0.25) is 9.59 Å². The number of nitrogens with zero attached hydrogens (tertiary/aromatic N) is 1. The lowest BCUT2D eigenvalue weighted by atomic mass is 9.93. The molecule has 0 aromatic heterocycles. The Morgan fingerprint density at radius 3 is 2.36 bits per heavy atom. The van der Waals surface area contributed by atoms with Gasteiger partial charge in [0.1, 0.15) is 11.8 Å². The summed E-state index contributed by atoms with van der Waals surface area (Å²) in [5, 5.41) is 3.55. The molecule has 1 heterocycles. The predicted molar refractivity (Wildman–Crippen MR) is 130 cm³/mol. The molecule has 2 fully saturated rings.